The van der Waals surface area contributed by atoms with E-state index in [1.807, 2.05) is 24.3 Å². The second-order valence-corrected chi connectivity index (χ2v) is 5.87. The Morgan fingerprint density at radius 3 is 2.35 bits per heavy atom. The maximum Gasteiger partial charge on any atom is 0.272 e. The zero-order valence-corrected chi connectivity index (χ0v) is 13.6. The number of halogens is 2. The number of nitro groups is 1. The molecule has 1 N–H and O–H groups in total. The van der Waals surface area contributed by atoms with Crippen LogP contribution in [-0.2, 0) is 6.42 Å². The molecule has 0 unspecified atom stereocenters. The molecule has 104 valence electrons. The lowest BCUT2D eigenvalue weighted by molar-refractivity contribution is -0.385. The second-order valence-electron chi connectivity index (χ2n) is 4.16. The van der Waals surface area contributed by atoms with Crippen molar-refractivity contribution in [3.05, 3.63) is 67.1 Å². The van der Waals surface area contributed by atoms with Crippen molar-refractivity contribution in [1.29, 1.82) is 0 Å². The predicted octanol–water partition coefficient (Wildman–Crippen LogP) is 4.77. The predicted molar refractivity (Wildman–Crippen MR) is 87.1 cm³/mol. The third kappa shape index (κ3) is 3.58. The minimum absolute atomic E-state index is 0.167. The minimum Gasteiger partial charge on any atom is -0.383 e. The zero-order valence-electron chi connectivity index (χ0n) is 10.5. The van der Waals surface area contributed by atoms with E-state index in [1.54, 1.807) is 12.1 Å². The molecule has 2 aromatic rings. The van der Waals surface area contributed by atoms with Crippen LogP contribution in [-0.4, -0.2) is 11.5 Å². The van der Waals surface area contributed by atoms with E-state index in [-0.39, 0.29) is 10.6 Å². The van der Waals surface area contributed by atoms with E-state index in [1.165, 1.54) is 6.07 Å². The molecule has 0 radical (unpaired) electrons. The average molecular weight is 400 g/mol. The lowest BCUT2D eigenvalue weighted by Gasteiger charge is -2.10. The van der Waals surface area contributed by atoms with Crippen molar-refractivity contribution in [2.24, 2.45) is 0 Å². The van der Waals surface area contributed by atoms with Gasteiger partial charge in [-0.2, -0.15) is 0 Å². The second kappa shape index (κ2) is 6.85. The highest BCUT2D eigenvalue weighted by molar-refractivity contribution is 9.11. The normalized spacial score (nSPS) is 10.3. The van der Waals surface area contributed by atoms with Crippen molar-refractivity contribution < 1.29 is 4.92 Å². The molecular weight excluding hydrogens is 388 g/mol. The summed E-state index contributed by atoms with van der Waals surface area (Å²) in [6.45, 7) is 0.617. The van der Waals surface area contributed by atoms with Crippen molar-refractivity contribution in [2.75, 3.05) is 11.9 Å². The lowest BCUT2D eigenvalue weighted by Crippen LogP contribution is -2.07. The summed E-state index contributed by atoms with van der Waals surface area (Å²) in [6.07, 6.45) is 0.588. The highest BCUT2D eigenvalue weighted by Gasteiger charge is 2.12. The van der Waals surface area contributed by atoms with E-state index >= 15 is 0 Å². The number of benzene rings is 2. The fraction of sp³-hybridized carbons (Fsp3) is 0.143. The van der Waals surface area contributed by atoms with Crippen LogP contribution in [0.2, 0.25) is 0 Å². The highest BCUT2D eigenvalue weighted by atomic mass is 79.9. The molecule has 0 atom stereocenters. The van der Waals surface area contributed by atoms with Gasteiger partial charge in [0.05, 0.1) is 10.6 Å². The maximum absolute atomic E-state index is 10.9. The summed E-state index contributed by atoms with van der Waals surface area (Å²) in [5.74, 6) is 0. The van der Waals surface area contributed by atoms with Crippen LogP contribution < -0.4 is 5.32 Å². The van der Waals surface area contributed by atoms with Crippen LogP contribution in [0.15, 0.2) is 51.4 Å². The molecule has 0 aliphatic rings. The van der Waals surface area contributed by atoms with Crippen LogP contribution in [0.5, 0.6) is 0 Å². The first-order chi connectivity index (χ1) is 9.59. The number of para-hydroxylation sites is 2. The number of hydrogen-bond acceptors (Lipinski definition) is 3. The Balaban J connectivity index is 2.05. The van der Waals surface area contributed by atoms with Crippen LogP contribution >= 0.6 is 31.9 Å². The van der Waals surface area contributed by atoms with Crippen LogP contribution in [0.3, 0.4) is 0 Å². The number of rotatable bonds is 5. The van der Waals surface area contributed by atoms with Crippen molar-refractivity contribution in [2.45, 2.75) is 6.42 Å². The Kier molecular flexibility index (Phi) is 5.14. The molecule has 0 bridgehead atoms. The first kappa shape index (κ1) is 15.0. The quantitative estimate of drug-likeness (QED) is 0.581. The average Bonchev–Trinajstić information content (AvgIpc) is 2.42. The number of nitrogens with one attached hydrogen (secondary N) is 1. The molecule has 0 aliphatic heterocycles. The highest BCUT2D eigenvalue weighted by Crippen LogP contribution is 2.30. The van der Waals surface area contributed by atoms with Gasteiger partial charge in [-0.25, -0.2) is 0 Å². The monoisotopic (exact) mass is 398 g/mol. The fourth-order valence-corrected chi connectivity index (χ4v) is 3.17. The number of anilines is 1. The standard InChI is InChI=1S/C14H12Br2N2O2/c15-11-5-3-6-12(16)14(11)17-9-8-10-4-1-2-7-13(10)18(19)20/h1-7,17H,8-9H2. The van der Waals surface area contributed by atoms with Crippen LogP contribution in [0.4, 0.5) is 11.4 Å². The molecule has 0 saturated heterocycles. The van der Waals surface area contributed by atoms with Crippen molar-refractivity contribution in [3.63, 3.8) is 0 Å². The van der Waals surface area contributed by atoms with Crippen LogP contribution in [0.1, 0.15) is 5.56 Å². The summed E-state index contributed by atoms with van der Waals surface area (Å²) < 4.78 is 1.91. The molecule has 2 rings (SSSR count). The molecule has 0 aromatic heterocycles. The molecule has 6 heteroatoms. The van der Waals surface area contributed by atoms with Gasteiger partial charge in [-0.1, -0.05) is 24.3 Å². The topological polar surface area (TPSA) is 55.2 Å². The molecule has 0 spiro atoms. The van der Waals surface area contributed by atoms with E-state index in [4.69, 9.17) is 0 Å². The smallest absolute Gasteiger partial charge is 0.272 e. The Bertz CT molecular complexity index is 612. The van der Waals surface area contributed by atoms with E-state index in [9.17, 15) is 10.1 Å². The number of nitro benzene ring substituents is 1. The van der Waals surface area contributed by atoms with Gasteiger partial charge in [0, 0.05) is 27.1 Å². The van der Waals surface area contributed by atoms with Gasteiger partial charge in [0.2, 0.25) is 0 Å². The zero-order chi connectivity index (χ0) is 14.5. The Morgan fingerprint density at radius 2 is 1.70 bits per heavy atom. The van der Waals surface area contributed by atoms with Crippen molar-refractivity contribution >= 4 is 43.2 Å². The first-order valence-corrected chi connectivity index (χ1v) is 7.58. The largest absolute Gasteiger partial charge is 0.383 e. The summed E-state index contributed by atoms with van der Waals surface area (Å²) in [4.78, 5) is 10.6. The molecule has 2 aromatic carbocycles. The number of nitrogens with zero attached hydrogens (tertiary/aromatic N) is 1. The Labute approximate surface area is 133 Å². The van der Waals surface area contributed by atoms with Gasteiger partial charge in [-0.05, 0) is 50.4 Å². The van der Waals surface area contributed by atoms with Gasteiger partial charge in [0.1, 0.15) is 0 Å². The summed E-state index contributed by atoms with van der Waals surface area (Å²) >= 11 is 6.94. The molecule has 20 heavy (non-hydrogen) atoms. The molecule has 0 heterocycles. The summed E-state index contributed by atoms with van der Waals surface area (Å²) in [5.41, 5.74) is 1.85. The SMILES string of the molecule is O=[N+]([O-])c1ccccc1CCNc1c(Br)cccc1Br. The maximum atomic E-state index is 10.9. The Hall–Kier alpha value is -1.40. The van der Waals surface area contributed by atoms with Gasteiger partial charge in [0.25, 0.3) is 5.69 Å². The minimum atomic E-state index is -0.344. The lowest BCUT2D eigenvalue weighted by atomic mass is 10.1. The van der Waals surface area contributed by atoms with E-state index in [0.29, 0.717) is 13.0 Å². The van der Waals surface area contributed by atoms with E-state index in [2.05, 4.69) is 37.2 Å². The van der Waals surface area contributed by atoms with Gasteiger partial charge in [0.15, 0.2) is 0 Å². The molecule has 0 amide bonds. The van der Waals surface area contributed by atoms with Gasteiger partial charge >= 0.3 is 0 Å². The summed E-state index contributed by atoms with van der Waals surface area (Å²) in [6, 6.07) is 12.6. The first-order valence-electron chi connectivity index (χ1n) is 6.00. The molecular formula is C14H12Br2N2O2. The fourth-order valence-electron chi connectivity index (χ4n) is 1.89. The number of hydrogen-bond donors (Lipinski definition) is 1. The van der Waals surface area contributed by atoms with Crippen LogP contribution in [0, 0.1) is 10.1 Å². The summed E-state index contributed by atoms with van der Waals surface area (Å²) in [5, 5.41) is 14.2. The van der Waals surface area contributed by atoms with E-state index in [0.717, 1.165) is 20.2 Å². The molecule has 0 saturated carbocycles. The molecule has 0 aliphatic carbocycles. The Morgan fingerprint density at radius 1 is 1.05 bits per heavy atom. The third-order valence-corrected chi connectivity index (χ3v) is 4.17. The summed E-state index contributed by atoms with van der Waals surface area (Å²) in [7, 11) is 0. The van der Waals surface area contributed by atoms with Gasteiger partial charge in [-0.15, -0.1) is 0 Å². The van der Waals surface area contributed by atoms with Crippen molar-refractivity contribution in [1.82, 2.24) is 0 Å². The third-order valence-electron chi connectivity index (χ3n) is 2.85. The van der Waals surface area contributed by atoms with Crippen LogP contribution in [0.25, 0.3) is 0 Å². The van der Waals surface area contributed by atoms with E-state index < -0.39 is 0 Å². The van der Waals surface area contributed by atoms with Crippen molar-refractivity contribution in [3.8, 4) is 0 Å². The molecule has 0 fully saturated rings. The molecule has 4 nitrogen and oxygen atoms in total. The van der Waals surface area contributed by atoms with Gasteiger partial charge in [-0.3, -0.25) is 10.1 Å². The van der Waals surface area contributed by atoms with Gasteiger partial charge < -0.3 is 5.32 Å².